The second kappa shape index (κ2) is 6.24. The van der Waals surface area contributed by atoms with Crippen LogP contribution in [0.4, 0.5) is 10.1 Å². The molecule has 0 bridgehead atoms. The molecule has 1 fully saturated rings. The summed E-state index contributed by atoms with van der Waals surface area (Å²) in [5.41, 5.74) is 6.59. The van der Waals surface area contributed by atoms with E-state index in [1.54, 1.807) is 11.0 Å². The second-order valence-electron chi connectivity index (χ2n) is 6.45. The van der Waals surface area contributed by atoms with Crippen LogP contribution in [0.5, 0.6) is 5.75 Å². The third kappa shape index (κ3) is 2.95. The molecule has 1 amide bonds. The molecular weight excluding hydrogens is 283 g/mol. The first-order valence-electron chi connectivity index (χ1n) is 8.06. The summed E-state index contributed by atoms with van der Waals surface area (Å²) in [6, 6.07) is 4.33. The highest BCUT2D eigenvalue weighted by Crippen LogP contribution is 2.40. The van der Waals surface area contributed by atoms with Crippen molar-refractivity contribution in [3.63, 3.8) is 0 Å². The zero-order chi connectivity index (χ0) is 15.6. The van der Waals surface area contributed by atoms with Crippen LogP contribution in [0.1, 0.15) is 38.5 Å². The van der Waals surface area contributed by atoms with Crippen molar-refractivity contribution in [2.45, 2.75) is 38.5 Å². The van der Waals surface area contributed by atoms with Crippen molar-refractivity contribution in [2.75, 3.05) is 24.6 Å². The van der Waals surface area contributed by atoms with Gasteiger partial charge in [-0.05, 0) is 36.9 Å². The summed E-state index contributed by atoms with van der Waals surface area (Å²) in [7, 11) is 0. The molecule has 1 aliphatic heterocycles. The van der Waals surface area contributed by atoms with Crippen LogP contribution in [0.25, 0.3) is 0 Å². The fourth-order valence-corrected chi connectivity index (χ4v) is 3.62. The van der Waals surface area contributed by atoms with Crippen LogP contribution < -0.4 is 15.4 Å². The zero-order valence-corrected chi connectivity index (χ0v) is 12.8. The van der Waals surface area contributed by atoms with Crippen molar-refractivity contribution < 1.29 is 13.9 Å². The molecule has 22 heavy (non-hydrogen) atoms. The number of amides is 1. The molecule has 1 aromatic carbocycles. The molecule has 120 valence electrons. The van der Waals surface area contributed by atoms with E-state index in [1.807, 2.05) is 0 Å². The molecule has 2 N–H and O–H groups in total. The number of nitrogens with zero attached hydrogens (tertiary/aromatic N) is 1. The quantitative estimate of drug-likeness (QED) is 0.934. The Morgan fingerprint density at radius 2 is 2.09 bits per heavy atom. The van der Waals surface area contributed by atoms with E-state index in [0.29, 0.717) is 37.6 Å². The lowest BCUT2D eigenvalue weighted by atomic mass is 9.71. The third-order valence-electron chi connectivity index (χ3n) is 4.96. The summed E-state index contributed by atoms with van der Waals surface area (Å²) in [5, 5.41) is 0. The molecule has 5 heteroatoms. The van der Waals surface area contributed by atoms with Gasteiger partial charge in [-0.1, -0.05) is 19.3 Å². The fraction of sp³-hybridized carbons (Fsp3) is 0.588. The summed E-state index contributed by atoms with van der Waals surface area (Å²) in [6.45, 7) is 1.47. The number of rotatable bonds is 3. The molecule has 0 aromatic heterocycles. The Balaban J connectivity index is 1.78. The van der Waals surface area contributed by atoms with Gasteiger partial charge in [-0.25, -0.2) is 4.39 Å². The van der Waals surface area contributed by atoms with Gasteiger partial charge >= 0.3 is 0 Å². The Morgan fingerprint density at radius 3 is 2.82 bits per heavy atom. The van der Waals surface area contributed by atoms with Crippen molar-refractivity contribution in [1.29, 1.82) is 0 Å². The van der Waals surface area contributed by atoms with Gasteiger partial charge in [0, 0.05) is 12.5 Å². The van der Waals surface area contributed by atoms with E-state index in [1.165, 1.54) is 18.6 Å². The summed E-state index contributed by atoms with van der Waals surface area (Å²) in [5.74, 6) is 0.173. The first kappa shape index (κ1) is 15.3. The van der Waals surface area contributed by atoms with Gasteiger partial charge in [0.05, 0.1) is 12.2 Å². The molecule has 4 nitrogen and oxygen atoms in total. The highest BCUT2D eigenvalue weighted by molar-refractivity contribution is 5.95. The predicted molar refractivity (Wildman–Crippen MR) is 83.4 cm³/mol. The molecule has 1 heterocycles. The standard InChI is InChI=1S/C17H23FN2O2/c18-13-4-5-14-15(10-13)22-9-8-20(14)16(21)11-17(12-19)6-2-1-3-7-17/h4-5,10H,1-3,6-9,11-12,19H2. The lowest BCUT2D eigenvalue weighted by Crippen LogP contribution is -2.43. The Labute approximate surface area is 130 Å². The first-order valence-corrected chi connectivity index (χ1v) is 8.06. The molecule has 2 aliphatic rings. The average Bonchev–Trinajstić information content (AvgIpc) is 2.54. The molecule has 0 spiro atoms. The minimum atomic E-state index is -0.348. The van der Waals surface area contributed by atoms with E-state index in [4.69, 9.17) is 10.5 Å². The first-order chi connectivity index (χ1) is 10.6. The van der Waals surface area contributed by atoms with Gasteiger partial charge in [-0.3, -0.25) is 4.79 Å². The van der Waals surface area contributed by atoms with Gasteiger partial charge in [0.15, 0.2) is 0 Å². The molecule has 0 atom stereocenters. The van der Waals surface area contributed by atoms with Crippen LogP contribution in [0.3, 0.4) is 0 Å². The third-order valence-corrected chi connectivity index (χ3v) is 4.96. The van der Waals surface area contributed by atoms with Gasteiger partial charge in [0.25, 0.3) is 0 Å². The number of fused-ring (bicyclic) bond motifs is 1. The maximum absolute atomic E-state index is 13.3. The monoisotopic (exact) mass is 306 g/mol. The van der Waals surface area contributed by atoms with Crippen molar-refractivity contribution >= 4 is 11.6 Å². The van der Waals surface area contributed by atoms with Gasteiger partial charge in [0.1, 0.15) is 18.2 Å². The van der Waals surface area contributed by atoms with Crippen molar-refractivity contribution in [3.05, 3.63) is 24.0 Å². The summed E-state index contributed by atoms with van der Waals surface area (Å²) in [4.78, 5) is 14.5. The second-order valence-corrected chi connectivity index (χ2v) is 6.45. The zero-order valence-electron chi connectivity index (χ0n) is 12.8. The topological polar surface area (TPSA) is 55.6 Å². The number of anilines is 1. The van der Waals surface area contributed by atoms with E-state index in [0.717, 1.165) is 25.7 Å². The van der Waals surface area contributed by atoms with Crippen LogP contribution in [0, 0.1) is 11.2 Å². The summed E-state index contributed by atoms with van der Waals surface area (Å²) < 4.78 is 18.8. The molecule has 1 aliphatic carbocycles. The molecule has 1 aromatic rings. The minimum absolute atomic E-state index is 0.0617. The van der Waals surface area contributed by atoms with Gasteiger partial charge < -0.3 is 15.4 Å². The molecule has 3 rings (SSSR count). The summed E-state index contributed by atoms with van der Waals surface area (Å²) >= 11 is 0. The van der Waals surface area contributed by atoms with Crippen LogP contribution in [0.15, 0.2) is 18.2 Å². The van der Waals surface area contributed by atoms with Crippen LogP contribution in [-0.2, 0) is 4.79 Å². The molecule has 0 saturated heterocycles. The Morgan fingerprint density at radius 1 is 1.32 bits per heavy atom. The van der Waals surface area contributed by atoms with E-state index in [2.05, 4.69) is 0 Å². The number of hydrogen-bond donors (Lipinski definition) is 1. The van der Waals surface area contributed by atoms with Gasteiger partial charge in [-0.15, -0.1) is 0 Å². The number of benzene rings is 1. The van der Waals surface area contributed by atoms with Crippen molar-refractivity contribution in [1.82, 2.24) is 0 Å². The lowest BCUT2D eigenvalue weighted by molar-refractivity contribution is -0.121. The molecule has 0 radical (unpaired) electrons. The lowest BCUT2D eigenvalue weighted by Gasteiger charge is -2.38. The van der Waals surface area contributed by atoms with Crippen LogP contribution in [-0.4, -0.2) is 25.6 Å². The molecule has 0 unspecified atom stereocenters. The smallest absolute Gasteiger partial charge is 0.227 e. The number of carbonyl (C=O) groups excluding carboxylic acids is 1. The number of halogens is 1. The van der Waals surface area contributed by atoms with Gasteiger partial charge in [0.2, 0.25) is 5.91 Å². The molecule has 1 saturated carbocycles. The van der Waals surface area contributed by atoms with Gasteiger partial charge in [-0.2, -0.15) is 0 Å². The highest BCUT2D eigenvalue weighted by atomic mass is 19.1. The maximum atomic E-state index is 13.3. The molecular formula is C17H23FN2O2. The van der Waals surface area contributed by atoms with Crippen LogP contribution >= 0.6 is 0 Å². The largest absolute Gasteiger partial charge is 0.489 e. The van der Waals surface area contributed by atoms with E-state index < -0.39 is 0 Å². The normalized spacial score (nSPS) is 20.2. The van der Waals surface area contributed by atoms with E-state index >= 15 is 0 Å². The number of hydrogen-bond acceptors (Lipinski definition) is 3. The van der Waals surface area contributed by atoms with Crippen molar-refractivity contribution in [3.8, 4) is 5.75 Å². The predicted octanol–water partition coefficient (Wildman–Crippen LogP) is 2.85. The Hall–Kier alpha value is -1.62. The number of carbonyl (C=O) groups is 1. The average molecular weight is 306 g/mol. The van der Waals surface area contributed by atoms with Crippen LogP contribution in [0.2, 0.25) is 0 Å². The van der Waals surface area contributed by atoms with E-state index in [-0.39, 0.29) is 17.1 Å². The number of nitrogens with two attached hydrogens (primary N) is 1. The van der Waals surface area contributed by atoms with Crippen molar-refractivity contribution in [2.24, 2.45) is 11.1 Å². The van der Waals surface area contributed by atoms with E-state index in [9.17, 15) is 9.18 Å². The summed E-state index contributed by atoms with van der Waals surface area (Å²) in [6.07, 6.45) is 6.05. The Kier molecular flexibility index (Phi) is 4.34. The minimum Gasteiger partial charge on any atom is -0.489 e. The Bertz CT molecular complexity index is 556. The highest BCUT2D eigenvalue weighted by Gasteiger charge is 2.35. The SMILES string of the molecule is NCC1(CC(=O)N2CCOc3cc(F)ccc32)CCCCC1. The maximum Gasteiger partial charge on any atom is 0.227 e. The fourth-order valence-electron chi connectivity index (χ4n) is 3.62. The number of ether oxygens (including phenoxy) is 1.